The first kappa shape index (κ1) is 17.0. The van der Waals surface area contributed by atoms with E-state index in [2.05, 4.69) is 11.4 Å². The molecule has 1 fully saturated rings. The zero-order valence-electron chi connectivity index (χ0n) is 14.3. The Balaban J connectivity index is 1.52. The number of urea groups is 1. The number of nitrogens with one attached hydrogen (secondary N) is 1. The van der Waals surface area contributed by atoms with Crippen molar-refractivity contribution in [1.29, 1.82) is 0 Å². The van der Waals surface area contributed by atoms with Crippen LogP contribution in [0.25, 0.3) is 0 Å². The first-order valence-corrected chi connectivity index (χ1v) is 8.65. The Kier molecular flexibility index (Phi) is 5.93. The molecule has 24 heavy (non-hydrogen) atoms. The van der Waals surface area contributed by atoms with Crippen molar-refractivity contribution in [3.8, 4) is 0 Å². The van der Waals surface area contributed by atoms with Crippen molar-refractivity contribution in [1.82, 2.24) is 10.2 Å². The number of hydrogen-bond acceptors (Lipinski definition) is 4. The molecule has 6 nitrogen and oxygen atoms in total. The molecule has 0 spiro atoms. The second-order valence-corrected chi connectivity index (χ2v) is 6.26. The van der Waals surface area contributed by atoms with Crippen molar-refractivity contribution in [3.63, 3.8) is 0 Å². The number of likely N-dealkylation sites (tertiary alicyclic amines) is 1. The minimum atomic E-state index is -0.00477. The predicted octanol–water partition coefficient (Wildman–Crippen LogP) is 3.01. The molecule has 0 aliphatic carbocycles. The highest BCUT2D eigenvalue weighted by Crippen LogP contribution is 2.33. The third-order valence-electron chi connectivity index (χ3n) is 4.59. The zero-order valence-corrected chi connectivity index (χ0v) is 14.3. The Labute approximate surface area is 142 Å². The summed E-state index contributed by atoms with van der Waals surface area (Å²) in [6, 6.07) is 3.90. The molecule has 2 amide bonds. The summed E-state index contributed by atoms with van der Waals surface area (Å²) in [5, 5.41) is 3.04. The van der Waals surface area contributed by atoms with Crippen LogP contribution in [0.1, 0.15) is 43.2 Å². The molecule has 0 unspecified atom stereocenters. The smallest absolute Gasteiger partial charge is 0.318 e. The van der Waals surface area contributed by atoms with Crippen LogP contribution < -0.4 is 5.32 Å². The lowest BCUT2D eigenvalue weighted by Gasteiger charge is -2.24. The maximum absolute atomic E-state index is 12.5. The Morgan fingerprint density at radius 3 is 3.17 bits per heavy atom. The SMILES string of the molecule is COCc1ccc([C@H]2CCCN2C(=O)NCCC2=CCOCC2)o1. The largest absolute Gasteiger partial charge is 0.461 e. The van der Waals surface area contributed by atoms with Gasteiger partial charge in [0.25, 0.3) is 0 Å². The molecule has 0 saturated carbocycles. The van der Waals surface area contributed by atoms with E-state index in [0.29, 0.717) is 19.8 Å². The normalized spacial score (nSPS) is 21.0. The van der Waals surface area contributed by atoms with Crippen LogP contribution in [0.2, 0.25) is 0 Å². The van der Waals surface area contributed by atoms with Crippen LogP contribution in [-0.4, -0.2) is 44.3 Å². The van der Waals surface area contributed by atoms with Gasteiger partial charge in [-0.05, 0) is 37.8 Å². The summed E-state index contributed by atoms with van der Waals surface area (Å²) in [5.74, 6) is 1.65. The molecular weight excluding hydrogens is 308 g/mol. The van der Waals surface area contributed by atoms with Crippen molar-refractivity contribution in [3.05, 3.63) is 35.3 Å². The Morgan fingerprint density at radius 1 is 1.46 bits per heavy atom. The third-order valence-corrected chi connectivity index (χ3v) is 4.59. The van der Waals surface area contributed by atoms with Gasteiger partial charge >= 0.3 is 6.03 Å². The van der Waals surface area contributed by atoms with Crippen molar-refractivity contribution < 1.29 is 18.7 Å². The fourth-order valence-electron chi connectivity index (χ4n) is 3.32. The summed E-state index contributed by atoms with van der Waals surface area (Å²) in [6.07, 6.45) is 5.93. The van der Waals surface area contributed by atoms with Crippen LogP contribution in [0.3, 0.4) is 0 Å². The summed E-state index contributed by atoms with van der Waals surface area (Å²) >= 11 is 0. The molecule has 1 aromatic heterocycles. The topological polar surface area (TPSA) is 63.9 Å². The van der Waals surface area contributed by atoms with Gasteiger partial charge in [-0.25, -0.2) is 4.79 Å². The molecule has 6 heteroatoms. The standard InChI is InChI=1S/C18H26N2O4/c1-22-13-15-4-5-17(24-15)16-3-2-10-20(16)18(21)19-9-6-14-7-11-23-12-8-14/h4-5,7,16H,2-3,6,8-13H2,1H3,(H,19,21)/t16-/m1/s1. The van der Waals surface area contributed by atoms with Crippen LogP contribution in [0.4, 0.5) is 4.79 Å². The number of hydrogen-bond donors (Lipinski definition) is 1. The summed E-state index contributed by atoms with van der Waals surface area (Å²) in [5.41, 5.74) is 1.37. The van der Waals surface area contributed by atoms with E-state index in [0.717, 1.165) is 50.4 Å². The highest BCUT2D eigenvalue weighted by atomic mass is 16.5. The molecule has 2 aliphatic heterocycles. The van der Waals surface area contributed by atoms with Crippen LogP contribution >= 0.6 is 0 Å². The molecule has 1 saturated heterocycles. The first-order valence-electron chi connectivity index (χ1n) is 8.65. The van der Waals surface area contributed by atoms with Gasteiger partial charge in [-0.2, -0.15) is 0 Å². The molecule has 1 atom stereocenters. The zero-order chi connectivity index (χ0) is 16.8. The molecule has 132 valence electrons. The van der Waals surface area contributed by atoms with Crippen LogP contribution in [-0.2, 0) is 16.1 Å². The number of rotatable bonds is 6. The van der Waals surface area contributed by atoms with E-state index in [-0.39, 0.29) is 12.1 Å². The molecule has 0 bridgehead atoms. The van der Waals surface area contributed by atoms with Crippen LogP contribution in [0.5, 0.6) is 0 Å². The monoisotopic (exact) mass is 334 g/mol. The molecule has 1 aromatic rings. The third kappa shape index (κ3) is 4.19. The van der Waals surface area contributed by atoms with Gasteiger partial charge in [0.1, 0.15) is 18.1 Å². The summed E-state index contributed by atoms with van der Waals surface area (Å²) in [4.78, 5) is 14.4. The Morgan fingerprint density at radius 2 is 2.38 bits per heavy atom. The van der Waals surface area contributed by atoms with Gasteiger partial charge < -0.3 is 24.1 Å². The molecular formula is C18H26N2O4. The number of methoxy groups -OCH3 is 1. The van der Waals surface area contributed by atoms with Gasteiger partial charge in [-0.3, -0.25) is 0 Å². The molecule has 1 N–H and O–H groups in total. The maximum Gasteiger partial charge on any atom is 0.318 e. The summed E-state index contributed by atoms with van der Waals surface area (Å²) in [7, 11) is 1.64. The average Bonchev–Trinajstić information content (AvgIpc) is 3.25. The van der Waals surface area contributed by atoms with Gasteiger partial charge in [0, 0.05) is 20.2 Å². The Bertz CT molecular complexity index is 581. The molecule has 2 aliphatic rings. The summed E-state index contributed by atoms with van der Waals surface area (Å²) < 4.78 is 16.2. The minimum absolute atomic E-state index is 0.00477. The number of furan rings is 1. The van der Waals surface area contributed by atoms with Gasteiger partial charge in [0.05, 0.1) is 19.3 Å². The highest BCUT2D eigenvalue weighted by Gasteiger charge is 2.32. The van der Waals surface area contributed by atoms with Gasteiger partial charge in [0.2, 0.25) is 0 Å². The van der Waals surface area contributed by atoms with Gasteiger partial charge in [0.15, 0.2) is 0 Å². The number of carbonyl (C=O) groups excluding carboxylic acids is 1. The lowest BCUT2D eigenvalue weighted by atomic mass is 10.1. The lowest BCUT2D eigenvalue weighted by molar-refractivity contribution is 0.153. The van der Waals surface area contributed by atoms with E-state index in [1.54, 1.807) is 7.11 Å². The van der Waals surface area contributed by atoms with Crippen molar-refractivity contribution in [2.24, 2.45) is 0 Å². The predicted molar refractivity (Wildman–Crippen MR) is 89.6 cm³/mol. The van der Waals surface area contributed by atoms with E-state index < -0.39 is 0 Å². The van der Waals surface area contributed by atoms with Crippen LogP contribution in [0.15, 0.2) is 28.2 Å². The van der Waals surface area contributed by atoms with E-state index in [1.165, 1.54) is 5.57 Å². The van der Waals surface area contributed by atoms with E-state index in [4.69, 9.17) is 13.9 Å². The van der Waals surface area contributed by atoms with E-state index in [1.807, 2.05) is 17.0 Å². The first-order chi connectivity index (χ1) is 11.8. The Hall–Kier alpha value is -1.79. The van der Waals surface area contributed by atoms with Crippen LogP contribution in [0, 0.1) is 0 Å². The van der Waals surface area contributed by atoms with Crippen molar-refractivity contribution in [2.75, 3.05) is 33.4 Å². The lowest BCUT2D eigenvalue weighted by Crippen LogP contribution is -2.39. The molecule has 0 radical (unpaired) electrons. The molecule has 3 heterocycles. The number of carbonyl (C=O) groups is 1. The van der Waals surface area contributed by atoms with Gasteiger partial charge in [-0.1, -0.05) is 11.6 Å². The number of ether oxygens (including phenoxy) is 2. The number of nitrogens with zero attached hydrogens (tertiary/aromatic N) is 1. The average molecular weight is 334 g/mol. The number of amides is 2. The second kappa shape index (κ2) is 8.35. The fourth-order valence-corrected chi connectivity index (χ4v) is 3.32. The van der Waals surface area contributed by atoms with E-state index in [9.17, 15) is 4.79 Å². The van der Waals surface area contributed by atoms with E-state index >= 15 is 0 Å². The molecule has 0 aromatic carbocycles. The quantitative estimate of drug-likeness (QED) is 0.812. The second-order valence-electron chi connectivity index (χ2n) is 6.26. The highest BCUT2D eigenvalue weighted by molar-refractivity contribution is 5.75. The maximum atomic E-state index is 12.5. The van der Waals surface area contributed by atoms with Crippen molar-refractivity contribution in [2.45, 2.75) is 38.3 Å². The van der Waals surface area contributed by atoms with Gasteiger partial charge in [-0.15, -0.1) is 0 Å². The fraction of sp³-hybridized carbons (Fsp3) is 0.611. The van der Waals surface area contributed by atoms with Crippen molar-refractivity contribution >= 4 is 6.03 Å². The molecule has 3 rings (SSSR count). The summed E-state index contributed by atoms with van der Waals surface area (Å²) in [6.45, 7) is 3.38. The minimum Gasteiger partial charge on any atom is -0.461 e.